The first-order chi connectivity index (χ1) is 11.0. The lowest BCUT2D eigenvalue weighted by Crippen LogP contribution is -2.30. The Hall–Kier alpha value is -1.88. The number of rotatable bonds is 7. The van der Waals surface area contributed by atoms with Crippen LogP contribution in [0.3, 0.4) is 0 Å². The fourth-order valence-electron chi connectivity index (χ4n) is 3.57. The summed E-state index contributed by atoms with van der Waals surface area (Å²) in [5.41, 5.74) is 0.965. The van der Waals surface area contributed by atoms with Gasteiger partial charge in [-0.2, -0.15) is 0 Å². The Morgan fingerprint density at radius 1 is 1.04 bits per heavy atom. The van der Waals surface area contributed by atoms with Crippen LogP contribution in [0, 0.1) is 5.41 Å². The third-order valence-corrected chi connectivity index (χ3v) is 4.80. The van der Waals surface area contributed by atoms with E-state index in [1.807, 2.05) is 0 Å². The zero-order valence-electron chi connectivity index (χ0n) is 13.5. The minimum atomic E-state index is -1.10. The second-order valence-electron chi connectivity index (χ2n) is 6.52. The van der Waals surface area contributed by atoms with Gasteiger partial charge in [0.2, 0.25) is 0 Å². The van der Waals surface area contributed by atoms with E-state index in [9.17, 15) is 9.59 Å². The summed E-state index contributed by atoms with van der Waals surface area (Å²) in [6.45, 7) is 0.706. The molecule has 0 aromatic heterocycles. The molecule has 23 heavy (non-hydrogen) atoms. The smallest absolute Gasteiger partial charge is 0.335 e. The predicted molar refractivity (Wildman–Crippen MR) is 86.1 cm³/mol. The van der Waals surface area contributed by atoms with Crippen molar-refractivity contribution in [2.75, 3.05) is 13.7 Å². The van der Waals surface area contributed by atoms with E-state index in [2.05, 4.69) is 0 Å². The molecule has 126 valence electrons. The zero-order chi connectivity index (χ0) is 16.9. The molecule has 1 fully saturated rings. The van der Waals surface area contributed by atoms with Gasteiger partial charge in [0.15, 0.2) is 0 Å². The number of aryl methyl sites for hydroxylation is 1. The molecule has 0 spiro atoms. The molecule has 0 heterocycles. The number of hydrogen-bond donors (Lipinski definition) is 2. The van der Waals surface area contributed by atoms with Crippen molar-refractivity contribution in [3.05, 3.63) is 34.9 Å². The number of aromatic carboxylic acids is 2. The molecule has 1 aliphatic rings. The summed E-state index contributed by atoms with van der Waals surface area (Å²) in [7, 11) is 1.71. The average Bonchev–Trinajstić information content (AvgIpc) is 2.54. The van der Waals surface area contributed by atoms with E-state index in [4.69, 9.17) is 14.9 Å². The van der Waals surface area contributed by atoms with Crippen molar-refractivity contribution >= 4 is 11.9 Å². The molecule has 0 amide bonds. The molecule has 1 aromatic rings. The number of benzene rings is 1. The van der Waals surface area contributed by atoms with E-state index in [1.165, 1.54) is 25.3 Å². The van der Waals surface area contributed by atoms with E-state index in [0.717, 1.165) is 24.8 Å². The predicted octanol–water partition coefficient (Wildman–Crippen LogP) is 3.61. The molecule has 2 N–H and O–H groups in total. The number of hydrogen-bond acceptors (Lipinski definition) is 3. The van der Waals surface area contributed by atoms with E-state index >= 15 is 0 Å². The maximum absolute atomic E-state index is 11.2. The Kier molecular flexibility index (Phi) is 5.77. The van der Waals surface area contributed by atoms with Crippen LogP contribution in [0.25, 0.3) is 0 Å². The average molecular weight is 320 g/mol. The summed E-state index contributed by atoms with van der Waals surface area (Å²) < 4.78 is 5.41. The molecule has 5 heteroatoms. The van der Waals surface area contributed by atoms with Crippen LogP contribution in [-0.2, 0) is 11.2 Å². The van der Waals surface area contributed by atoms with Crippen LogP contribution in [0.1, 0.15) is 64.8 Å². The highest BCUT2D eigenvalue weighted by molar-refractivity contribution is 5.94. The Bertz CT molecular complexity index is 535. The summed E-state index contributed by atoms with van der Waals surface area (Å²) in [4.78, 5) is 22.4. The largest absolute Gasteiger partial charge is 0.478 e. The van der Waals surface area contributed by atoms with Crippen LogP contribution >= 0.6 is 0 Å². The van der Waals surface area contributed by atoms with Crippen LogP contribution in [0.15, 0.2) is 18.2 Å². The summed E-state index contributed by atoms with van der Waals surface area (Å²) in [6, 6.07) is 4.37. The monoisotopic (exact) mass is 320 g/mol. The van der Waals surface area contributed by atoms with E-state index in [-0.39, 0.29) is 16.5 Å². The Balaban J connectivity index is 2.17. The van der Waals surface area contributed by atoms with Gasteiger partial charge in [-0.1, -0.05) is 19.3 Å². The zero-order valence-corrected chi connectivity index (χ0v) is 13.5. The molecule has 0 atom stereocenters. The minimum absolute atomic E-state index is 0.0318. The molecule has 0 radical (unpaired) electrons. The SMILES string of the molecule is COCC1(CCc2cc(C(=O)O)cc(C(=O)O)c2)CCCCC1. The number of carboxylic acid groups (broad SMARTS) is 2. The summed E-state index contributed by atoms with van der Waals surface area (Å²) in [6.07, 6.45) is 7.44. The molecule has 0 saturated heterocycles. The van der Waals surface area contributed by atoms with Gasteiger partial charge >= 0.3 is 11.9 Å². The maximum atomic E-state index is 11.2. The van der Waals surface area contributed by atoms with Gasteiger partial charge in [-0.15, -0.1) is 0 Å². The number of carbonyl (C=O) groups is 2. The summed E-state index contributed by atoms with van der Waals surface area (Å²) >= 11 is 0. The molecule has 0 aliphatic heterocycles. The first-order valence-corrected chi connectivity index (χ1v) is 8.05. The lowest BCUT2D eigenvalue weighted by Gasteiger charge is -2.37. The number of ether oxygens (including phenoxy) is 1. The summed E-state index contributed by atoms with van der Waals surface area (Å²) in [5, 5.41) is 18.3. The van der Waals surface area contributed by atoms with Gasteiger partial charge in [0, 0.05) is 7.11 Å². The topological polar surface area (TPSA) is 83.8 Å². The first-order valence-electron chi connectivity index (χ1n) is 8.05. The molecule has 0 unspecified atom stereocenters. The highest BCUT2D eigenvalue weighted by Gasteiger charge is 2.31. The number of carboxylic acids is 2. The van der Waals surface area contributed by atoms with Gasteiger partial charge in [-0.3, -0.25) is 0 Å². The van der Waals surface area contributed by atoms with Crippen molar-refractivity contribution in [1.29, 1.82) is 0 Å². The van der Waals surface area contributed by atoms with Crippen LogP contribution in [-0.4, -0.2) is 35.9 Å². The van der Waals surface area contributed by atoms with Crippen LogP contribution in [0.4, 0.5) is 0 Å². The first kappa shape index (κ1) is 17.5. The van der Waals surface area contributed by atoms with E-state index in [1.54, 1.807) is 19.2 Å². The number of methoxy groups -OCH3 is 1. The van der Waals surface area contributed by atoms with Gasteiger partial charge in [0.25, 0.3) is 0 Å². The van der Waals surface area contributed by atoms with Crippen molar-refractivity contribution in [2.45, 2.75) is 44.9 Å². The van der Waals surface area contributed by atoms with Gasteiger partial charge in [0.1, 0.15) is 0 Å². The molecule has 5 nitrogen and oxygen atoms in total. The van der Waals surface area contributed by atoms with Crippen molar-refractivity contribution in [3.63, 3.8) is 0 Å². The molecular weight excluding hydrogens is 296 g/mol. The second-order valence-corrected chi connectivity index (χ2v) is 6.52. The molecule has 1 saturated carbocycles. The molecule has 1 aliphatic carbocycles. The van der Waals surface area contributed by atoms with Crippen LogP contribution < -0.4 is 0 Å². The van der Waals surface area contributed by atoms with Crippen molar-refractivity contribution in [2.24, 2.45) is 5.41 Å². The van der Waals surface area contributed by atoms with Gasteiger partial charge < -0.3 is 14.9 Å². The maximum Gasteiger partial charge on any atom is 0.335 e. The third kappa shape index (κ3) is 4.55. The molecule has 1 aromatic carbocycles. The van der Waals surface area contributed by atoms with Gasteiger partial charge in [-0.05, 0) is 54.9 Å². The van der Waals surface area contributed by atoms with Crippen molar-refractivity contribution in [1.82, 2.24) is 0 Å². The molecule has 2 rings (SSSR count). The van der Waals surface area contributed by atoms with Crippen molar-refractivity contribution in [3.8, 4) is 0 Å². The Morgan fingerprint density at radius 3 is 2.09 bits per heavy atom. The Labute approximate surface area is 136 Å². The highest BCUT2D eigenvalue weighted by atomic mass is 16.5. The van der Waals surface area contributed by atoms with Crippen LogP contribution in [0.2, 0.25) is 0 Å². The Morgan fingerprint density at radius 2 is 1.61 bits per heavy atom. The van der Waals surface area contributed by atoms with E-state index in [0.29, 0.717) is 13.0 Å². The lowest BCUT2D eigenvalue weighted by molar-refractivity contribution is 0.0419. The van der Waals surface area contributed by atoms with Gasteiger partial charge in [0.05, 0.1) is 17.7 Å². The quantitative estimate of drug-likeness (QED) is 0.801. The fraction of sp³-hybridized carbons (Fsp3) is 0.556. The lowest BCUT2D eigenvalue weighted by atomic mass is 9.71. The second kappa shape index (κ2) is 7.59. The third-order valence-electron chi connectivity index (χ3n) is 4.80. The fourth-order valence-corrected chi connectivity index (χ4v) is 3.57. The van der Waals surface area contributed by atoms with Crippen molar-refractivity contribution < 1.29 is 24.5 Å². The molecular formula is C18H24O5. The standard InChI is InChI=1S/C18H24O5/c1-23-12-18(6-3-2-4-7-18)8-5-13-9-14(16(19)20)11-15(10-13)17(21)22/h9-11H,2-8,12H2,1H3,(H,19,20)(H,21,22). The van der Waals surface area contributed by atoms with E-state index < -0.39 is 11.9 Å². The van der Waals surface area contributed by atoms with Gasteiger partial charge in [-0.25, -0.2) is 9.59 Å². The minimum Gasteiger partial charge on any atom is -0.478 e. The van der Waals surface area contributed by atoms with Crippen LogP contribution in [0.5, 0.6) is 0 Å². The normalized spacial score (nSPS) is 16.9. The summed E-state index contributed by atoms with van der Waals surface area (Å²) in [5.74, 6) is -2.20. The highest BCUT2D eigenvalue weighted by Crippen LogP contribution is 2.40. The molecule has 0 bridgehead atoms.